The summed E-state index contributed by atoms with van der Waals surface area (Å²) in [4.78, 5) is 21.2. The van der Waals surface area contributed by atoms with E-state index in [1.54, 1.807) is 17.1 Å². The highest BCUT2D eigenvalue weighted by Crippen LogP contribution is 2.37. The first-order valence-corrected chi connectivity index (χ1v) is 10.5. The van der Waals surface area contributed by atoms with Crippen molar-refractivity contribution in [3.05, 3.63) is 102 Å². The molecule has 164 valence electrons. The Hall–Kier alpha value is -4.46. The number of hydrogen-bond donors (Lipinski definition) is 2. The molecular weight excluding hydrogens is 416 g/mol. The summed E-state index contributed by atoms with van der Waals surface area (Å²) in [5, 5.41) is 7.85. The van der Waals surface area contributed by atoms with Gasteiger partial charge in [0.1, 0.15) is 18.4 Å². The Labute approximate surface area is 190 Å². The molecule has 3 heterocycles. The Balaban J connectivity index is 1.53. The summed E-state index contributed by atoms with van der Waals surface area (Å²) in [5.41, 5.74) is 9.52. The lowest BCUT2D eigenvalue weighted by atomic mass is 9.95. The van der Waals surface area contributed by atoms with Gasteiger partial charge in [0.2, 0.25) is 11.9 Å². The molecule has 4 aromatic rings. The molecule has 8 nitrogen and oxygen atoms in total. The van der Waals surface area contributed by atoms with Gasteiger partial charge in [0.25, 0.3) is 0 Å². The van der Waals surface area contributed by atoms with Crippen LogP contribution in [0.3, 0.4) is 0 Å². The fourth-order valence-corrected chi connectivity index (χ4v) is 3.91. The SMILES string of the molecule is CC1=C(C(N)=O)C(c2cccc(OCc3ccccc3)c2)n2nc(-c3cccnc3)nc2N1. The van der Waals surface area contributed by atoms with E-state index in [0.717, 1.165) is 16.7 Å². The zero-order valence-corrected chi connectivity index (χ0v) is 18.0. The Bertz CT molecular complexity index is 1330. The average molecular weight is 438 g/mol. The lowest BCUT2D eigenvalue weighted by molar-refractivity contribution is -0.115. The van der Waals surface area contributed by atoms with E-state index < -0.39 is 11.9 Å². The zero-order valence-electron chi connectivity index (χ0n) is 18.0. The van der Waals surface area contributed by atoms with Crippen molar-refractivity contribution in [3.63, 3.8) is 0 Å². The third kappa shape index (κ3) is 4.06. The lowest BCUT2D eigenvalue weighted by Gasteiger charge is -2.27. The van der Waals surface area contributed by atoms with Crippen LogP contribution in [0.15, 0.2) is 90.4 Å². The van der Waals surface area contributed by atoms with Crippen molar-refractivity contribution in [3.8, 4) is 17.1 Å². The molecule has 1 atom stereocenters. The highest BCUT2D eigenvalue weighted by atomic mass is 16.5. The van der Waals surface area contributed by atoms with E-state index in [4.69, 9.17) is 10.5 Å². The van der Waals surface area contributed by atoms with Crippen LogP contribution in [0.4, 0.5) is 5.95 Å². The summed E-state index contributed by atoms with van der Waals surface area (Å²) < 4.78 is 7.69. The van der Waals surface area contributed by atoms with Crippen LogP contribution in [-0.2, 0) is 11.4 Å². The number of ether oxygens (including phenoxy) is 1. The number of pyridine rings is 1. The van der Waals surface area contributed by atoms with Crippen LogP contribution < -0.4 is 15.8 Å². The molecule has 0 saturated heterocycles. The van der Waals surface area contributed by atoms with Crippen LogP contribution in [0.5, 0.6) is 5.75 Å². The van der Waals surface area contributed by atoms with Gasteiger partial charge in [-0.15, -0.1) is 5.10 Å². The molecule has 8 heteroatoms. The van der Waals surface area contributed by atoms with Gasteiger partial charge in [-0.25, -0.2) is 4.68 Å². The van der Waals surface area contributed by atoms with Gasteiger partial charge in [-0.1, -0.05) is 42.5 Å². The number of rotatable bonds is 6. The van der Waals surface area contributed by atoms with Crippen molar-refractivity contribution in [2.75, 3.05) is 5.32 Å². The summed E-state index contributed by atoms with van der Waals surface area (Å²) >= 11 is 0. The predicted octanol–water partition coefficient (Wildman–Crippen LogP) is 3.69. The summed E-state index contributed by atoms with van der Waals surface area (Å²) in [5.74, 6) is 1.19. The maximum absolute atomic E-state index is 12.5. The number of nitrogens with one attached hydrogen (secondary N) is 1. The van der Waals surface area contributed by atoms with Gasteiger partial charge in [-0.3, -0.25) is 9.78 Å². The highest BCUT2D eigenvalue weighted by Gasteiger charge is 2.33. The Morgan fingerprint density at radius 3 is 2.73 bits per heavy atom. The second-order valence-corrected chi connectivity index (χ2v) is 7.72. The molecule has 1 aliphatic rings. The van der Waals surface area contributed by atoms with Crippen molar-refractivity contribution >= 4 is 11.9 Å². The number of nitrogens with zero attached hydrogens (tertiary/aromatic N) is 4. The maximum atomic E-state index is 12.5. The number of nitrogens with two attached hydrogens (primary N) is 1. The smallest absolute Gasteiger partial charge is 0.248 e. The quantitative estimate of drug-likeness (QED) is 0.475. The number of anilines is 1. The maximum Gasteiger partial charge on any atom is 0.248 e. The minimum Gasteiger partial charge on any atom is -0.489 e. The summed E-state index contributed by atoms with van der Waals surface area (Å²) in [6, 6.07) is 20.7. The average Bonchev–Trinajstić information content (AvgIpc) is 3.27. The standard InChI is InChI=1S/C25H22N6O2/c1-16-21(23(26)32)22(31-25(28-16)29-24(30-31)19-10-6-12-27-14-19)18-9-5-11-20(13-18)33-15-17-7-3-2-4-8-17/h2-14,22H,15H2,1H3,(H2,26,32)(H,28,29,30). The molecule has 0 radical (unpaired) electrons. The fraction of sp³-hybridized carbons (Fsp3) is 0.120. The third-order valence-electron chi connectivity index (χ3n) is 5.46. The molecule has 33 heavy (non-hydrogen) atoms. The van der Waals surface area contributed by atoms with E-state index >= 15 is 0 Å². The molecule has 1 aliphatic heterocycles. The topological polar surface area (TPSA) is 108 Å². The molecular formula is C25H22N6O2. The number of fused-ring (bicyclic) bond motifs is 1. The lowest BCUT2D eigenvalue weighted by Crippen LogP contribution is -2.31. The number of benzene rings is 2. The van der Waals surface area contributed by atoms with E-state index in [1.807, 2.05) is 73.7 Å². The van der Waals surface area contributed by atoms with Crippen molar-refractivity contribution in [2.45, 2.75) is 19.6 Å². The van der Waals surface area contributed by atoms with Crippen LogP contribution >= 0.6 is 0 Å². The second kappa shape index (κ2) is 8.58. The number of allylic oxidation sites excluding steroid dienone is 1. The van der Waals surface area contributed by atoms with Crippen LogP contribution in [0.1, 0.15) is 24.1 Å². The number of aromatic nitrogens is 4. The van der Waals surface area contributed by atoms with Crippen LogP contribution in [0, 0.1) is 0 Å². The van der Waals surface area contributed by atoms with Crippen LogP contribution in [0.25, 0.3) is 11.4 Å². The first-order valence-electron chi connectivity index (χ1n) is 10.5. The molecule has 3 N–H and O–H groups in total. The van der Waals surface area contributed by atoms with Gasteiger partial charge in [0, 0.05) is 23.7 Å². The Kier molecular flexibility index (Phi) is 5.32. The number of carbonyl (C=O) groups excluding carboxylic acids is 1. The molecule has 5 rings (SSSR count). The van der Waals surface area contributed by atoms with Crippen molar-refractivity contribution < 1.29 is 9.53 Å². The highest BCUT2D eigenvalue weighted by molar-refractivity contribution is 5.95. The van der Waals surface area contributed by atoms with Crippen molar-refractivity contribution in [1.29, 1.82) is 0 Å². The van der Waals surface area contributed by atoms with Crippen molar-refractivity contribution in [2.24, 2.45) is 5.73 Å². The number of primary amides is 1. The second-order valence-electron chi connectivity index (χ2n) is 7.72. The Morgan fingerprint density at radius 2 is 1.97 bits per heavy atom. The monoisotopic (exact) mass is 438 g/mol. The molecule has 0 fully saturated rings. The zero-order chi connectivity index (χ0) is 22.8. The van der Waals surface area contributed by atoms with E-state index in [0.29, 0.717) is 35.4 Å². The number of amides is 1. The molecule has 2 aromatic carbocycles. The van der Waals surface area contributed by atoms with Gasteiger partial charge < -0.3 is 15.8 Å². The summed E-state index contributed by atoms with van der Waals surface area (Å²) in [6.45, 7) is 2.25. The molecule has 1 amide bonds. The fourth-order valence-electron chi connectivity index (χ4n) is 3.91. The first kappa shape index (κ1) is 20.4. The van der Waals surface area contributed by atoms with Gasteiger partial charge in [0.05, 0.1) is 5.57 Å². The van der Waals surface area contributed by atoms with E-state index in [1.165, 1.54) is 0 Å². The number of hydrogen-bond acceptors (Lipinski definition) is 6. The van der Waals surface area contributed by atoms with Gasteiger partial charge >= 0.3 is 0 Å². The minimum absolute atomic E-state index is 0.422. The first-order chi connectivity index (χ1) is 16.1. The largest absolute Gasteiger partial charge is 0.489 e. The van der Waals surface area contributed by atoms with Crippen LogP contribution in [0.2, 0.25) is 0 Å². The van der Waals surface area contributed by atoms with Crippen molar-refractivity contribution in [1.82, 2.24) is 19.7 Å². The third-order valence-corrected chi connectivity index (χ3v) is 5.46. The molecule has 0 aliphatic carbocycles. The molecule has 1 unspecified atom stereocenters. The normalized spacial score (nSPS) is 15.0. The molecule has 0 spiro atoms. The van der Waals surface area contributed by atoms with E-state index in [2.05, 4.69) is 20.4 Å². The predicted molar refractivity (Wildman–Crippen MR) is 124 cm³/mol. The molecule has 0 bridgehead atoms. The van der Waals surface area contributed by atoms with Gasteiger partial charge in [0.15, 0.2) is 5.82 Å². The van der Waals surface area contributed by atoms with E-state index in [-0.39, 0.29) is 0 Å². The molecule has 2 aromatic heterocycles. The number of carbonyl (C=O) groups is 1. The molecule has 0 saturated carbocycles. The minimum atomic E-state index is -0.544. The Morgan fingerprint density at radius 1 is 1.12 bits per heavy atom. The van der Waals surface area contributed by atoms with Crippen LogP contribution in [-0.4, -0.2) is 25.7 Å². The summed E-state index contributed by atoms with van der Waals surface area (Å²) in [6.07, 6.45) is 3.39. The van der Waals surface area contributed by atoms with Gasteiger partial charge in [-0.2, -0.15) is 4.98 Å². The summed E-state index contributed by atoms with van der Waals surface area (Å²) in [7, 11) is 0. The van der Waals surface area contributed by atoms with E-state index in [9.17, 15) is 4.79 Å². The van der Waals surface area contributed by atoms with Gasteiger partial charge in [-0.05, 0) is 42.3 Å².